The molecule has 0 radical (unpaired) electrons. The average Bonchev–Trinajstić information content (AvgIpc) is 3.40. The first-order chi connectivity index (χ1) is 19.3. The van der Waals surface area contributed by atoms with Gasteiger partial charge in [0, 0.05) is 37.0 Å². The van der Waals surface area contributed by atoms with Gasteiger partial charge in [-0.05, 0) is 55.2 Å². The van der Waals surface area contributed by atoms with Crippen molar-refractivity contribution < 1.29 is 9.59 Å². The van der Waals surface area contributed by atoms with Crippen LogP contribution >= 0.6 is 11.6 Å². The molecule has 5 rings (SSSR count). The summed E-state index contributed by atoms with van der Waals surface area (Å²) in [5, 5.41) is 13.7. The Morgan fingerprint density at radius 1 is 1.15 bits per heavy atom. The third kappa shape index (κ3) is 5.10. The van der Waals surface area contributed by atoms with E-state index in [0.29, 0.717) is 46.7 Å². The van der Waals surface area contributed by atoms with E-state index in [0.717, 1.165) is 23.1 Å². The van der Waals surface area contributed by atoms with Gasteiger partial charge in [-0.2, -0.15) is 5.26 Å². The predicted octanol–water partition coefficient (Wildman–Crippen LogP) is 5.41. The van der Waals surface area contributed by atoms with Gasteiger partial charge >= 0.3 is 0 Å². The van der Waals surface area contributed by atoms with Crippen LogP contribution in [0.5, 0.6) is 0 Å². The maximum Gasteiger partial charge on any atom is 0.265 e. The lowest BCUT2D eigenvalue weighted by atomic mass is 9.92. The molecule has 2 aromatic carbocycles. The lowest BCUT2D eigenvalue weighted by molar-refractivity contribution is -0.131. The van der Waals surface area contributed by atoms with E-state index in [9.17, 15) is 9.59 Å². The van der Waals surface area contributed by atoms with Gasteiger partial charge in [0.25, 0.3) is 5.91 Å². The fourth-order valence-electron chi connectivity index (χ4n) is 5.30. The van der Waals surface area contributed by atoms with Crippen LogP contribution in [0.25, 0.3) is 11.0 Å². The van der Waals surface area contributed by atoms with Gasteiger partial charge < -0.3 is 15.1 Å². The Bertz CT molecular complexity index is 1630. The monoisotopic (exact) mass is 555 g/mol. The molecule has 1 fully saturated rings. The number of halogens is 1. The molecule has 204 valence electrons. The van der Waals surface area contributed by atoms with Crippen molar-refractivity contribution in [1.29, 1.82) is 5.26 Å². The van der Waals surface area contributed by atoms with E-state index in [1.165, 1.54) is 10.9 Å². The molecule has 1 amide bonds. The van der Waals surface area contributed by atoms with Crippen LogP contribution < -0.4 is 10.2 Å². The third-order valence-corrected chi connectivity index (χ3v) is 8.12. The molecule has 4 aromatic rings. The number of nitriles is 1. The van der Waals surface area contributed by atoms with Crippen LogP contribution in [0.3, 0.4) is 0 Å². The fourth-order valence-corrected chi connectivity index (χ4v) is 5.47. The minimum Gasteiger partial charge on any atom is -0.355 e. The van der Waals surface area contributed by atoms with Crippen molar-refractivity contribution in [2.45, 2.75) is 32.7 Å². The molecule has 2 atom stereocenters. The molecule has 9 nitrogen and oxygen atoms in total. The second-order valence-electron chi connectivity index (χ2n) is 10.1. The summed E-state index contributed by atoms with van der Waals surface area (Å²) in [4.78, 5) is 39.1. The van der Waals surface area contributed by atoms with Crippen molar-refractivity contribution >= 4 is 51.6 Å². The number of carbonyl (C=O) groups is 2. The molecular formula is C30H30ClN7O2. The quantitative estimate of drug-likeness (QED) is 0.339. The topological polar surface area (TPSA) is 107 Å². The van der Waals surface area contributed by atoms with Crippen LogP contribution in [0, 0.1) is 24.2 Å². The number of hydrogen-bond acceptors (Lipinski definition) is 7. The Kier molecular flexibility index (Phi) is 7.71. The van der Waals surface area contributed by atoms with E-state index in [1.807, 2.05) is 62.5 Å². The molecule has 10 heteroatoms. The van der Waals surface area contributed by atoms with Crippen LogP contribution in [0.15, 0.2) is 61.1 Å². The van der Waals surface area contributed by atoms with E-state index in [2.05, 4.69) is 27.1 Å². The van der Waals surface area contributed by atoms with Crippen LogP contribution in [-0.2, 0) is 4.79 Å². The van der Waals surface area contributed by atoms with Crippen molar-refractivity contribution in [3.8, 4) is 6.07 Å². The van der Waals surface area contributed by atoms with Crippen LogP contribution in [0.1, 0.15) is 35.7 Å². The number of nitrogens with zero attached hydrogens (tertiary/aromatic N) is 6. The van der Waals surface area contributed by atoms with E-state index in [1.54, 1.807) is 17.2 Å². The van der Waals surface area contributed by atoms with Gasteiger partial charge in [-0.3, -0.25) is 14.2 Å². The molecule has 1 aliphatic heterocycles. The number of likely N-dealkylation sites (N-methyl/N-ethyl adjacent to an activating group) is 1. The maximum absolute atomic E-state index is 13.9. The summed E-state index contributed by atoms with van der Waals surface area (Å²) in [7, 11) is 1.95. The zero-order valence-electron chi connectivity index (χ0n) is 22.6. The number of likely N-dealkylation sites (tertiary alicyclic amines) is 1. The van der Waals surface area contributed by atoms with E-state index in [4.69, 9.17) is 16.9 Å². The highest BCUT2D eigenvalue weighted by Gasteiger charge is 2.33. The van der Waals surface area contributed by atoms with Crippen LogP contribution in [0.4, 0.5) is 17.2 Å². The molecule has 0 bridgehead atoms. The number of fused-ring (bicyclic) bond motifs is 1. The SMILES string of the molecule is Cc1c(Cl)cccc1Nc1ccccc1C(=O)n1ccc2c(N(C)[C@H]3CN(C(=O)CC#N)CC[C@H]3C)ncnc21. The lowest BCUT2D eigenvalue weighted by Crippen LogP contribution is -2.52. The molecule has 40 heavy (non-hydrogen) atoms. The molecule has 0 aliphatic carbocycles. The molecule has 1 saturated heterocycles. The molecule has 0 unspecified atom stereocenters. The molecule has 1 aliphatic rings. The number of hydrogen-bond donors (Lipinski definition) is 1. The first-order valence-corrected chi connectivity index (χ1v) is 13.5. The largest absolute Gasteiger partial charge is 0.355 e. The number of nitrogens with one attached hydrogen (secondary N) is 1. The zero-order valence-corrected chi connectivity index (χ0v) is 23.4. The molecule has 3 heterocycles. The zero-order chi connectivity index (χ0) is 28.4. The Hall–Kier alpha value is -4.42. The van der Waals surface area contributed by atoms with Crippen LogP contribution in [-0.4, -0.2) is 57.4 Å². The summed E-state index contributed by atoms with van der Waals surface area (Å²) in [6, 6.07) is 16.8. The second-order valence-corrected chi connectivity index (χ2v) is 10.5. The van der Waals surface area contributed by atoms with E-state index >= 15 is 0 Å². The van der Waals surface area contributed by atoms with Crippen LogP contribution in [0.2, 0.25) is 5.02 Å². The summed E-state index contributed by atoms with van der Waals surface area (Å²) >= 11 is 6.31. The van der Waals surface area contributed by atoms with Gasteiger partial charge in [-0.15, -0.1) is 0 Å². The van der Waals surface area contributed by atoms with Gasteiger partial charge in [0.15, 0.2) is 5.65 Å². The summed E-state index contributed by atoms with van der Waals surface area (Å²) < 4.78 is 1.53. The van der Waals surface area contributed by atoms with Crippen molar-refractivity contribution in [3.05, 3.63) is 77.2 Å². The van der Waals surface area contributed by atoms with Crippen molar-refractivity contribution in [1.82, 2.24) is 19.4 Å². The van der Waals surface area contributed by atoms with Gasteiger partial charge in [0.2, 0.25) is 5.91 Å². The first-order valence-electron chi connectivity index (χ1n) is 13.2. The first kappa shape index (κ1) is 27.2. The fraction of sp³-hybridized carbons (Fsp3) is 0.300. The van der Waals surface area contributed by atoms with Gasteiger partial charge in [0.05, 0.1) is 28.7 Å². The number of carbonyl (C=O) groups excluding carboxylic acids is 2. The third-order valence-electron chi connectivity index (χ3n) is 7.71. The smallest absolute Gasteiger partial charge is 0.265 e. The van der Waals surface area contributed by atoms with Crippen molar-refractivity contribution in [2.75, 3.05) is 30.4 Å². The average molecular weight is 556 g/mol. The Morgan fingerprint density at radius 2 is 1.93 bits per heavy atom. The van der Waals surface area contributed by atoms with Crippen molar-refractivity contribution in [3.63, 3.8) is 0 Å². The molecular weight excluding hydrogens is 526 g/mol. The Morgan fingerprint density at radius 3 is 2.73 bits per heavy atom. The van der Waals surface area contributed by atoms with E-state index < -0.39 is 0 Å². The van der Waals surface area contributed by atoms with Gasteiger partial charge in [0.1, 0.15) is 18.6 Å². The number of aromatic nitrogens is 3. The highest BCUT2D eigenvalue weighted by molar-refractivity contribution is 6.31. The van der Waals surface area contributed by atoms with Crippen molar-refractivity contribution in [2.24, 2.45) is 5.92 Å². The molecule has 0 saturated carbocycles. The highest BCUT2D eigenvalue weighted by Crippen LogP contribution is 2.32. The van der Waals surface area contributed by atoms with Gasteiger partial charge in [-0.25, -0.2) is 9.97 Å². The molecule has 1 N–H and O–H groups in total. The number of amides is 1. The summed E-state index contributed by atoms with van der Waals surface area (Å²) in [5.74, 6) is 0.601. The molecule has 0 spiro atoms. The number of para-hydroxylation sites is 1. The predicted molar refractivity (Wildman–Crippen MR) is 156 cm³/mol. The summed E-state index contributed by atoms with van der Waals surface area (Å²) in [5.41, 5.74) is 3.35. The summed E-state index contributed by atoms with van der Waals surface area (Å²) in [6.45, 7) is 5.23. The van der Waals surface area contributed by atoms with Gasteiger partial charge in [-0.1, -0.05) is 36.7 Å². The number of rotatable bonds is 6. The lowest BCUT2D eigenvalue weighted by Gasteiger charge is -2.42. The second kappa shape index (κ2) is 11.4. The van der Waals surface area contributed by atoms with E-state index in [-0.39, 0.29) is 24.3 Å². The minimum atomic E-state index is -0.232. The Balaban J connectivity index is 1.46. The highest BCUT2D eigenvalue weighted by atomic mass is 35.5. The standard InChI is InChI=1S/C30H30ClN7O2/c1-19-12-15-37(27(39)11-14-32)17-26(19)36(3)28-22-13-16-38(29(22)34-18-33-28)30(40)21-7-4-5-9-25(21)35-24-10-6-8-23(31)20(24)2/h4-10,13,16,18-19,26,35H,11-12,15,17H2,1-3H3/t19-,26+/m1/s1. The molecule has 2 aromatic heterocycles. The normalized spacial score (nSPS) is 16.9. The number of anilines is 3. The summed E-state index contributed by atoms with van der Waals surface area (Å²) in [6.07, 6.45) is 3.88. The number of piperidine rings is 1. The number of benzene rings is 2. The Labute approximate surface area is 238 Å². The minimum absolute atomic E-state index is 0.000550. The maximum atomic E-state index is 13.9.